The summed E-state index contributed by atoms with van der Waals surface area (Å²) in [5.41, 5.74) is 0.901. The van der Waals surface area contributed by atoms with Gasteiger partial charge in [0.1, 0.15) is 11.3 Å². The van der Waals surface area contributed by atoms with Gasteiger partial charge in [-0.25, -0.2) is 4.98 Å². The molecule has 2 heterocycles. The van der Waals surface area contributed by atoms with Crippen molar-refractivity contribution in [3.63, 3.8) is 0 Å². The van der Waals surface area contributed by atoms with E-state index in [1.165, 1.54) is 22.4 Å². The summed E-state index contributed by atoms with van der Waals surface area (Å²) >= 11 is 1.29. The third kappa shape index (κ3) is 3.05. The minimum Gasteiger partial charge on any atom is -0.269 e. The zero-order valence-corrected chi connectivity index (χ0v) is 10.6. The van der Waals surface area contributed by atoms with E-state index >= 15 is 0 Å². The lowest BCUT2D eigenvalue weighted by Crippen LogP contribution is -2.37. The molecule has 0 aromatic carbocycles. The molecule has 0 atom stereocenters. The third-order valence-corrected chi connectivity index (χ3v) is 3.90. The van der Waals surface area contributed by atoms with Crippen molar-refractivity contribution in [2.24, 2.45) is 0 Å². The van der Waals surface area contributed by atoms with Crippen molar-refractivity contribution < 1.29 is 17.2 Å². The van der Waals surface area contributed by atoms with E-state index in [2.05, 4.69) is 13.5 Å². The number of hydrogen-bond acceptors (Lipinski definition) is 6. The van der Waals surface area contributed by atoms with Crippen molar-refractivity contribution in [1.29, 1.82) is 0 Å². The van der Waals surface area contributed by atoms with Crippen molar-refractivity contribution in [2.45, 2.75) is 5.88 Å². The van der Waals surface area contributed by atoms with Gasteiger partial charge >= 0.3 is 10.1 Å². The highest BCUT2D eigenvalue weighted by molar-refractivity contribution is 7.85. The molecule has 0 aliphatic carbocycles. The van der Waals surface area contributed by atoms with Crippen LogP contribution in [0.15, 0.2) is 30.9 Å². The molecule has 6 nitrogen and oxygen atoms in total. The topological polar surface area (TPSA) is 73.0 Å². The molecule has 90 valence electrons. The summed E-state index contributed by atoms with van der Waals surface area (Å²) in [4.78, 5) is 4.06. The normalized spacial score (nSPS) is 11.6. The summed E-state index contributed by atoms with van der Waals surface area (Å²) in [6, 6.07) is 3.57. The van der Waals surface area contributed by atoms with Gasteiger partial charge in [-0.1, -0.05) is 0 Å². The van der Waals surface area contributed by atoms with Gasteiger partial charge in [0.2, 0.25) is 0 Å². The predicted octanol–water partition coefficient (Wildman–Crippen LogP) is 0.426. The minimum atomic E-state index is -3.50. The van der Waals surface area contributed by atoms with E-state index in [9.17, 15) is 8.42 Å². The molecule has 2 rings (SSSR count). The molecule has 0 fully saturated rings. The molecule has 17 heavy (non-hydrogen) atoms. The maximum Gasteiger partial charge on any atom is 0.329 e. The van der Waals surface area contributed by atoms with Gasteiger partial charge < -0.3 is 0 Å². The molecule has 0 radical (unpaired) electrons. The van der Waals surface area contributed by atoms with Gasteiger partial charge in [0.25, 0.3) is 5.88 Å². The Hall–Kier alpha value is -1.38. The summed E-state index contributed by atoms with van der Waals surface area (Å²) in [6.07, 6.45) is 4.80. The van der Waals surface area contributed by atoms with Crippen LogP contribution in [0.1, 0.15) is 0 Å². The van der Waals surface area contributed by atoms with Gasteiger partial charge in [0.05, 0.1) is 7.11 Å². The van der Waals surface area contributed by atoms with Crippen LogP contribution in [0.5, 0.6) is 0 Å². The van der Waals surface area contributed by atoms with Crippen LogP contribution in [0, 0.1) is 0 Å². The van der Waals surface area contributed by atoms with Crippen LogP contribution < -0.4 is 4.57 Å². The van der Waals surface area contributed by atoms with Crippen molar-refractivity contribution in [3.05, 3.63) is 30.9 Å². The first-order valence-electron chi connectivity index (χ1n) is 4.65. The van der Waals surface area contributed by atoms with Crippen molar-refractivity contribution in [3.8, 4) is 10.6 Å². The molecule has 0 aliphatic rings. The van der Waals surface area contributed by atoms with E-state index < -0.39 is 10.1 Å². The summed E-state index contributed by atoms with van der Waals surface area (Å²) in [6.45, 7) is 0. The second-order valence-electron chi connectivity index (χ2n) is 3.20. The number of rotatable bonds is 4. The van der Waals surface area contributed by atoms with Crippen LogP contribution in [-0.2, 0) is 20.2 Å². The fourth-order valence-corrected chi connectivity index (χ4v) is 2.39. The Morgan fingerprint density at radius 2 is 2.12 bits per heavy atom. The van der Waals surface area contributed by atoms with E-state index in [4.69, 9.17) is 0 Å². The Morgan fingerprint density at radius 3 is 2.65 bits per heavy atom. The van der Waals surface area contributed by atoms with Crippen LogP contribution in [0.2, 0.25) is 0 Å². The zero-order valence-electron chi connectivity index (χ0n) is 8.98. The Labute approximate surface area is 103 Å². The molecule has 0 aliphatic heterocycles. The lowest BCUT2D eigenvalue weighted by molar-refractivity contribution is -0.678. The molecular formula is C9H10N3O3S2+. The fraction of sp³-hybridized carbons (Fsp3) is 0.222. The molecule has 0 N–H and O–H groups in total. The summed E-state index contributed by atoms with van der Waals surface area (Å²) < 4.78 is 32.2. The lowest BCUT2D eigenvalue weighted by Gasteiger charge is -1.98. The first-order chi connectivity index (χ1) is 8.11. The van der Waals surface area contributed by atoms with E-state index in [0.717, 1.165) is 17.7 Å². The first kappa shape index (κ1) is 12.1. The number of nitrogens with zero attached hydrogens (tertiary/aromatic N) is 3. The van der Waals surface area contributed by atoms with Crippen LogP contribution in [-0.4, -0.2) is 24.9 Å². The molecule has 0 saturated carbocycles. The highest BCUT2D eigenvalue weighted by atomic mass is 32.2. The Balaban J connectivity index is 2.19. The molecule has 0 spiro atoms. The van der Waals surface area contributed by atoms with Gasteiger partial charge in [-0.2, -0.15) is 17.4 Å². The minimum absolute atomic E-state index is 0.208. The van der Waals surface area contributed by atoms with Crippen LogP contribution in [0.3, 0.4) is 0 Å². The molecule has 2 aromatic rings. The molecule has 0 bridgehead atoms. The highest BCUT2D eigenvalue weighted by Gasteiger charge is 2.15. The lowest BCUT2D eigenvalue weighted by atomic mass is 10.3. The third-order valence-electron chi connectivity index (χ3n) is 2.06. The average molecular weight is 272 g/mol. The molecule has 2 aromatic heterocycles. The van der Waals surface area contributed by atoms with Gasteiger partial charge in [-0.05, 0) is 11.5 Å². The predicted molar refractivity (Wildman–Crippen MR) is 61.5 cm³/mol. The summed E-state index contributed by atoms with van der Waals surface area (Å²) in [5, 5.41) is 0.798. The number of aromatic nitrogens is 3. The second-order valence-corrected chi connectivity index (χ2v) is 5.69. The largest absolute Gasteiger partial charge is 0.329 e. The molecule has 8 heteroatoms. The van der Waals surface area contributed by atoms with E-state index in [1.807, 2.05) is 0 Å². The Kier molecular flexibility index (Phi) is 3.46. The smallest absolute Gasteiger partial charge is 0.269 e. The maximum absolute atomic E-state index is 11.2. The van der Waals surface area contributed by atoms with Crippen LogP contribution in [0.4, 0.5) is 0 Å². The quantitative estimate of drug-likeness (QED) is 0.596. The molecule has 0 saturated heterocycles. The SMILES string of the molecule is COS(=O)(=O)C[n+]1ccc(-c2ncns2)cc1. The summed E-state index contributed by atoms with van der Waals surface area (Å²) in [5.74, 6) is -0.208. The number of pyridine rings is 1. The van der Waals surface area contributed by atoms with Crippen molar-refractivity contribution >= 4 is 21.7 Å². The highest BCUT2D eigenvalue weighted by Crippen LogP contribution is 2.17. The Bertz CT molecular complexity index is 578. The maximum atomic E-state index is 11.2. The van der Waals surface area contributed by atoms with Gasteiger partial charge in [-0.3, -0.25) is 4.18 Å². The van der Waals surface area contributed by atoms with E-state index in [-0.39, 0.29) is 5.88 Å². The standard InChI is InChI=1S/C9H10N3O3S2/c1-15-17(13,14)7-12-4-2-8(3-5-12)9-10-6-11-16-9/h2-6H,7H2,1H3/q+1. The van der Waals surface area contributed by atoms with E-state index in [0.29, 0.717) is 0 Å². The second kappa shape index (κ2) is 4.86. The van der Waals surface area contributed by atoms with Crippen molar-refractivity contribution in [2.75, 3.05) is 7.11 Å². The molecule has 0 unspecified atom stereocenters. The Morgan fingerprint density at radius 1 is 1.41 bits per heavy atom. The fourth-order valence-electron chi connectivity index (χ4n) is 1.22. The molecule has 0 amide bonds. The first-order valence-corrected chi connectivity index (χ1v) is 7.00. The van der Waals surface area contributed by atoms with Crippen LogP contribution in [0.25, 0.3) is 10.6 Å². The zero-order chi connectivity index (χ0) is 12.3. The number of hydrogen-bond donors (Lipinski definition) is 0. The van der Waals surface area contributed by atoms with E-state index in [1.54, 1.807) is 24.5 Å². The monoisotopic (exact) mass is 272 g/mol. The average Bonchev–Trinajstić information content (AvgIpc) is 2.83. The van der Waals surface area contributed by atoms with Gasteiger partial charge in [-0.15, -0.1) is 0 Å². The summed E-state index contributed by atoms with van der Waals surface area (Å²) in [7, 11) is -2.36. The van der Waals surface area contributed by atoms with Gasteiger partial charge in [0, 0.05) is 17.7 Å². The van der Waals surface area contributed by atoms with Crippen LogP contribution >= 0.6 is 11.5 Å². The van der Waals surface area contributed by atoms with Crippen molar-refractivity contribution in [1.82, 2.24) is 9.36 Å². The van der Waals surface area contributed by atoms with Gasteiger partial charge in [0.15, 0.2) is 12.4 Å². The molecular weight excluding hydrogens is 262 g/mol.